The summed E-state index contributed by atoms with van der Waals surface area (Å²) >= 11 is 0. The van der Waals surface area contributed by atoms with Gasteiger partial charge in [0.25, 0.3) is 5.56 Å². The summed E-state index contributed by atoms with van der Waals surface area (Å²) in [5.74, 6) is 0.352. The highest BCUT2D eigenvalue weighted by Gasteiger charge is 2.20. The molecule has 0 aliphatic carbocycles. The molecule has 0 atom stereocenters. The third-order valence-corrected chi connectivity index (χ3v) is 4.16. The molecule has 0 aliphatic rings. The van der Waals surface area contributed by atoms with E-state index >= 15 is 0 Å². The van der Waals surface area contributed by atoms with E-state index in [9.17, 15) is 18.0 Å². The minimum Gasteiger partial charge on any atom is -0.302 e. The van der Waals surface area contributed by atoms with Crippen molar-refractivity contribution in [1.82, 2.24) is 13.9 Å². The number of aryl methyl sites for hydroxylation is 1. The second-order valence-electron chi connectivity index (χ2n) is 4.83. The lowest BCUT2D eigenvalue weighted by atomic mass is 10.1. The summed E-state index contributed by atoms with van der Waals surface area (Å²) < 4.78 is 28.2. The zero-order valence-electron chi connectivity index (χ0n) is 11.5. The van der Waals surface area contributed by atoms with Crippen LogP contribution in [0, 0.1) is 5.92 Å². The topological polar surface area (TPSA) is 90.2 Å². The van der Waals surface area contributed by atoms with Crippen LogP contribution in [0.5, 0.6) is 0 Å². The highest BCUT2D eigenvalue weighted by atomic mass is 32.2. The first-order valence-corrected chi connectivity index (χ1v) is 7.41. The molecular formula is C11H19N3O4S. The maximum Gasteiger partial charge on any atom is 0.330 e. The van der Waals surface area contributed by atoms with Crippen molar-refractivity contribution in [3.8, 4) is 0 Å². The lowest BCUT2D eigenvalue weighted by Crippen LogP contribution is -2.41. The van der Waals surface area contributed by atoms with E-state index in [1.54, 1.807) is 0 Å². The molecule has 0 spiro atoms. The Hall–Kier alpha value is -1.41. The Balaban J connectivity index is 3.16. The average Bonchev–Trinajstić information content (AvgIpc) is 2.30. The Kier molecular flexibility index (Phi) is 4.70. The van der Waals surface area contributed by atoms with Crippen LogP contribution in [-0.4, -0.2) is 24.1 Å². The summed E-state index contributed by atoms with van der Waals surface area (Å²) in [5.41, 5.74) is -1.38. The number of sulfonamides is 1. The van der Waals surface area contributed by atoms with E-state index in [1.807, 2.05) is 13.8 Å². The Labute approximate surface area is 111 Å². The summed E-state index contributed by atoms with van der Waals surface area (Å²) in [6.07, 6.45) is 1.72. The van der Waals surface area contributed by atoms with Crippen molar-refractivity contribution in [2.75, 3.05) is 6.54 Å². The predicted molar refractivity (Wildman–Crippen MR) is 71.6 cm³/mol. The van der Waals surface area contributed by atoms with Crippen LogP contribution in [0.3, 0.4) is 0 Å². The zero-order valence-corrected chi connectivity index (χ0v) is 12.3. The fourth-order valence-corrected chi connectivity index (χ4v) is 2.72. The fraction of sp³-hybridized carbons (Fsp3) is 0.636. The van der Waals surface area contributed by atoms with Crippen molar-refractivity contribution in [2.45, 2.75) is 25.2 Å². The number of hydrogen-bond donors (Lipinski definition) is 1. The molecule has 1 aromatic rings. The van der Waals surface area contributed by atoms with Crippen LogP contribution in [0.1, 0.15) is 20.3 Å². The molecule has 1 heterocycles. The lowest BCUT2D eigenvalue weighted by Gasteiger charge is -2.10. The number of nitrogens with zero attached hydrogens (tertiary/aromatic N) is 2. The molecule has 0 saturated heterocycles. The van der Waals surface area contributed by atoms with Gasteiger partial charge in [-0.25, -0.2) is 17.9 Å². The van der Waals surface area contributed by atoms with Crippen molar-refractivity contribution < 1.29 is 8.42 Å². The summed E-state index contributed by atoms with van der Waals surface area (Å²) in [4.78, 5) is 22.9. The standard InChI is InChI=1S/C11H19N3O4S/c1-8(2)5-6-12-19(17,18)9-7-13(3)11(16)14(4)10(9)15/h7-8,12H,5-6H2,1-4H3. The van der Waals surface area contributed by atoms with Crippen LogP contribution in [0.2, 0.25) is 0 Å². The van der Waals surface area contributed by atoms with E-state index in [1.165, 1.54) is 14.1 Å². The molecule has 7 nitrogen and oxygen atoms in total. The van der Waals surface area contributed by atoms with Gasteiger partial charge in [-0.2, -0.15) is 0 Å². The summed E-state index contributed by atoms with van der Waals surface area (Å²) in [6, 6.07) is 0. The Morgan fingerprint density at radius 2 is 1.84 bits per heavy atom. The lowest BCUT2D eigenvalue weighted by molar-refractivity contribution is 0.546. The van der Waals surface area contributed by atoms with Crippen LogP contribution in [-0.2, 0) is 24.1 Å². The minimum atomic E-state index is -3.89. The highest BCUT2D eigenvalue weighted by Crippen LogP contribution is 2.02. The molecule has 1 rings (SSSR count). The van der Waals surface area contributed by atoms with Crippen LogP contribution >= 0.6 is 0 Å². The molecule has 0 aliphatic heterocycles. The molecule has 0 unspecified atom stereocenters. The van der Waals surface area contributed by atoms with E-state index < -0.39 is 26.2 Å². The second-order valence-corrected chi connectivity index (χ2v) is 6.57. The van der Waals surface area contributed by atoms with Crippen molar-refractivity contribution in [3.05, 3.63) is 27.0 Å². The number of nitrogens with one attached hydrogen (secondary N) is 1. The first-order valence-electron chi connectivity index (χ1n) is 5.93. The smallest absolute Gasteiger partial charge is 0.302 e. The molecule has 0 radical (unpaired) electrons. The minimum absolute atomic E-state index is 0.256. The van der Waals surface area contributed by atoms with Gasteiger partial charge < -0.3 is 4.57 Å². The number of rotatable bonds is 5. The SMILES string of the molecule is CC(C)CCNS(=O)(=O)c1cn(C)c(=O)n(C)c1=O. The molecular weight excluding hydrogens is 270 g/mol. The maximum atomic E-state index is 12.0. The number of aromatic nitrogens is 2. The molecule has 8 heteroatoms. The van der Waals surface area contributed by atoms with Crippen LogP contribution in [0.4, 0.5) is 0 Å². The fourth-order valence-electron chi connectivity index (χ4n) is 1.52. The summed E-state index contributed by atoms with van der Waals surface area (Å²) in [7, 11) is -1.25. The normalized spacial score (nSPS) is 12.1. The van der Waals surface area contributed by atoms with Gasteiger partial charge in [0.1, 0.15) is 0 Å². The van der Waals surface area contributed by atoms with Crippen LogP contribution in [0.25, 0.3) is 0 Å². The molecule has 0 bridgehead atoms. The first-order chi connectivity index (χ1) is 8.66. The Morgan fingerprint density at radius 3 is 2.37 bits per heavy atom. The maximum absolute atomic E-state index is 12.0. The molecule has 1 N–H and O–H groups in total. The Morgan fingerprint density at radius 1 is 1.26 bits per heavy atom. The quantitative estimate of drug-likeness (QED) is 0.784. The van der Waals surface area contributed by atoms with Gasteiger partial charge in [0.15, 0.2) is 4.90 Å². The van der Waals surface area contributed by atoms with Gasteiger partial charge in [-0.05, 0) is 12.3 Å². The van der Waals surface area contributed by atoms with Crippen LogP contribution in [0.15, 0.2) is 20.7 Å². The van der Waals surface area contributed by atoms with Gasteiger partial charge >= 0.3 is 5.69 Å². The summed E-state index contributed by atoms with van der Waals surface area (Å²) in [5, 5.41) is 0. The van der Waals surface area contributed by atoms with Crippen molar-refractivity contribution in [2.24, 2.45) is 20.0 Å². The third kappa shape index (κ3) is 3.54. The summed E-state index contributed by atoms with van der Waals surface area (Å²) in [6.45, 7) is 4.20. The molecule has 0 aromatic carbocycles. The van der Waals surface area contributed by atoms with Crippen molar-refractivity contribution in [3.63, 3.8) is 0 Å². The highest BCUT2D eigenvalue weighted by molar-refractivity contribution is 7.89. The molecule has 1 aromatic heterocycles. The zero-order chi connectivity index (χ0) is 14.8. The van der Waals surface area contributed by atoms with E-state index in [0.717, 1.165) is 15.3 Å². The van der Waals surface area contributed by atoms with Gasteiger partial charge in [-0.1, -0.05) is 13.8 Å². The third-order valence-electron chi connectivity index (χ3n) is 2.72. The molecule has 108 valence electrons. The monoisotopic (exact) mass is 289 g/mol. The van der Waals surface area contributed by atoms with Crippen molar-refractivity contribution >= 4 is 10.0 Å². The van der Waals surface area contributed by atoms with Crippen LogP contribution < -0.4 is 16.0 Å². The molecule has 19 heavy (non-hydrogen) atoms. The van der Waals surface area contributed by atoms with E-state index in [4.69, 9.17) is 0 Å². The van der Waals surface area contributed by atoms with Gasteiger partial charge in [0.05, 0.1) is 0 Å². The van der Waals surface area contributed by atoms with E-state index in [-0.39, 0.29) is 6.54 Å². The van der Waals surface area contributed by atoms with E-state index in [0.29, 0.717) is 12.3 Å². The Bertz CT molecular complexity index is 670. The number of hydrogen-bond acceptors (Lipinski definition) is 4. The van der Waals surface area contributed by atoms with Crippen molar-refractivity contribution in [1.29, 1.82) is 0 Å². The first kappa shape index (κ1) is 15.6. The average molecular weight is 289 g/mol. The largest absolute Gasteiger partial charge is 0.330 e. The van der Waals surface area contributed by atoms with Gasteiger partial charge in [-0.15, -0.1) is 0 Å². The van der Waals surface area contributed by atoms with Gasteiger partial charge in [-0.3, -0.25) is 9.36 Å². The van der Waals surface area contributed by atoms with Gasteiger partial charge in [0, 0.05) is 26.8 Å². The molecule has 0 saturated carbocycles. The van der Waals surface area contributed by atoms with Gasteiger partial charge in [0.2, 0.25) is 10.0 Å². The van der Waals surface area contributed by atoms with E-state index in [2.05, 4.69) is 4.72 Å². The predicted octanol–water partition coefficient (Wildman–Crippen LogP) is -0.592. The molecule has 0 amide bonds. The second kappa shape index (κ2) is 5.70. The molecule has 0 fully saturated rings.